The Bertz CT molecular complexity index is 582. The first-order valence-electron chi connectivity index (χ1n) is 4.76. The monoisotopic (exact) mass is 348 g/mol. The third-order valence-electron chi connectivity index (χ3n) is 1.95. The molecule has 94 valence electrons. The van der Waals surface area contributed by atoms with E-state index in [4.69, 9.17) is 27.9 Å². The van der Waals surface area contributed by atoms with E-state index in [1.165, 1.54) is 7.11 Å². The van der Waals surface area contributed by atoms with Crippen molar-refractivity contribution in [1.29, 1.82) is 0 Å². The van der Waals surface area contributed by atoms with Gasteiger partial charge in [-0.1, -0.05) is 11.6 Å². The second-order valence-electron chi connectivity index (χ2n) is 3.16. The Morgan fingerprint density at radius 1 is 1.22 bits per heavy atom. The lowest BCUT2D eigenvalue weighted by atomic mass is 10.3. The molecule has 2 aromatic rings. The predicted molar refractivity (Wildman–Crippen MR) is 73.8 cm³/mol. The Labute approximate surface area is 122 Å². The Kier molecular flexibility index (Phi) is 4.21. The molecule has 0 spiro atoms. The summed E-state index contributed by atoms with van der Waals surface area (Å²) in [5.41, 5.74) is 0.715. The summed E-state index contributed by atoms with van der Waals surface area (Å²) in [4.78, 5) is 11.7. The molecular formula is C10H7BrCl2N4O. The molecule has 18 heavy (non-hydrogen) atoms. The Morgan fingerprint density at radius 3 is 2.72 bits per heavy atom. The number of aromatic nitrogens is 3. The molecule has 0 atom stereocenters. The van der Waals surface area contributed by atoms with Gasteiger partial charge in [0.15, 0.2) is 0 Å². The van der Waals surface area contributed by atoms with Crippen LogP contribution in [-0.2, 0) is 0 Å². The highest BCUT2D eigenvalue weighted by molar-refractivity contribution is 9.10. The van der Waals surface area contributed by atoms with E-state index in [0.717, 1.165) is 4.47 Å². The van der Waals surface area contributed by atoms with Crippen LogP contribution in [0.4, 0.5) is 11.6 Å². The van der Waals surface area contributed by atoms with Crippen molar-refractivity contribution in [2.75, 3.05) is 12.4 Å². The number of benzene rings is 1. The zero-order valence-electron chi connectivity index (χ0n) is 9.12. The molecule has 1 aromatic heterocycles. The molecule has 0 bridgehead atoms. The van der Waals surface area contributed by atoms with Crippen LogP contribution in [0.15, 0.2) is 22.7 Å². The lowest BCUT2D eigenvalue weighted by molar-refractivity contribution is 0.379. The maximum Gasteiger partial charge on any atom is 0.322 e. The van der Waals surface area contributed by atoms with E-state index in [1.54, 1.807) is 12.1 Å². The Morgan fingerprint density at radius 2 is 2.00 bits per heavy atom. The van der Waals surface area contributed by atoms with Crippen molar-refractivity contribution in [3.8, 4) is 6.01 Å². The minimum Gasteiger partial charge on any atom is -0.467 e. The molecule has 0 fully saturated rings. The van der Waals surface area contributed by atoms with Gasteiger partial charge in [-0.05, 0) is 45.7 Å². The summed E-state index contributed by atoms with van der Waals surface area (Å²) in [6, 6.07) is 5.44. The van der Waals surface area contributed by atoms with Crippen molar-refractivity contribution in [2.24, 2.45) is 0 Å². The fourth-order valence-electron chi connectivity index (χ4n) is 1.19. The smallest absolute Gasteiger partial charge is 0.322 e. The molecule has 0 aliphatic rings. The fourth-order valence-corrected chi connectivity index (χ4v) is 1.86. The third-order valence-corrected chi connectivity index (χ3v) is 3.04. The highest BCUT2D eigenvalue weighted by Gasteiger charge is 2.07. The van der Waals surface area contributed by atoms with Gasteiger partial charge < -0.3 is 10.1 Å². The predicted octanol–water partition coefficient (Wildman–Crippen LogP) is 3.69. The molecule has 0 saturated heterocycles. The van der Waals surface area contributed by atoms with Gasteiger partial charge >= 0.3 is 6.01 Å². The number of nitrogens with zero attached hydrogens (tertiary/aromatic N) is 3. The molecule has 0 radical (unpaired) electrons. The minimum absolute atomic E-state index is 0.0440. The maximum atomic E-state index is 5.91. The number of nitrogens with one attached hydrogen (secondary N) is 1. The van der Waals surface area contributed by atoms with Gasteiger partial charge in [0.2, 0.25) is 11.2 Å². The lowest BCUT2D eigenvalue weighted by Gasteiger charge is -2.08. The first-order chi connectivity index (χ1) is 8.58. The number of hydrogen-bond donors (Lipinski definition) is 1. The number of rotatable bonds is 3. The van der Waals surface area contributed by atoms with Gasteiger partial charge in [0.25, 0.3) is 0 Å². The zero-order chi connectivity index (χ0) is 13.1. The van der Waals surface area contributed by atoms with E-state index in [1.807, 2.05) is 6.07 Å². The molecule has 1 heterocycles. The van der Waals surface area contributed by atoms with Gasteiger partial charge in [0, 0.05) is 9.50 Å². The molecule has 0 aliphatic heterocycles. The van der Waals surface area contributed by atoms with Gasteiger partial charge in [-0.15, -0.1) is 0 Å². The summed E-state index contributed by atoms with van der Waals surface area (Å²) < 4.78 is 5.72. The Balaban J connectivity index is 2.33. The summed E-state index contributed by atoms with van der Waals surface area (Å²) in [5.74, 6) is 0.273. The summed E-state index contributed by atoms with van der Waals surface area (Å²) in [7, 11) is 1.45. The lowest BCUT2D eigenvalue weighted by Crippen LogP contribution is -2.02. The number of hydrogen-bond acceptors (Lipinski definition) is 5. The molecule has 0 unspecified atom stereocenters. The van der Waals surface area contributed by atoms with Crippen LogP contribution in [0.2, 0.25) is 10.3 Å². The number of halogens is 3. The second-order valence-corrected chi connectivity index (χ2v) is 4.79. The van der Waals surface area contributed by atoms with Crippen molar-refractivity contribution in [3.05, 3.63) is 33.0 Å². The van der Waals surface area contributed by atoms with Crippen LogP contribution in [0.5, 0.6) is 6.01 Å². The van der Waals surface area contributed by atoms with Crippen LogP contribution in [-0.4, -0.2) is 22.1 Å². The SMILES string of the molecule is COc1nc(Cl)nc(Nc2cc(Cl)ccc2Br)n1. The van der Waals surface area contributed by atoms with Crippen LogP contribution >= 0.6 is 39.1 Å². The van der Waals surface area contributed by atoms with Crippen LogP contribution in [0.1, 0.15) is 0 Å². The average Bonchev–Trinajstić information content (AvgIpc) is 2.33. The third kappa shape index (κ3) is 3.22. The summed E-state index contributed by atoms with van der Waals surface area (Å²) in [5, 5.41) is 3.61. The molecule has 0 saturated carbocycles. The van der Waals surface area contributed by atoms with E-state index in [2.05, 4.69) is 36.2 Å². The van der Waals surface area contributed by atoms with E-state index >= 15 is 0 Å². The second kappa shape index (κ2) is 5.69. The van der Waals surface area contributed by atoms with E-state index in [9.17, 15) is 0 Å². The molecule has 5 nitrogen and oxygen atoms in total. The highest BCUT2D eigenvalue weighted by atomic mass is 79.9. The number of methoxy groups -OCH3 is 1. The molecule has 8 heteroatoms. The topological polar surface area (TPSA) is 59.9 Å². The molecule has 1 N–H and O–H groups in total. The fraction of sp³-hybridized carbons (Fsp3) is 0.100. The van der Waals surface area contributed by atoms with Gasteiger partial charge in [0.1, 0.15) is 0 Å². The van der Waals surface area contributed by atoms with Crippen LogP contribution in [0, 0.1) is 0 Å². The largest absolute Gasteiger partial charge is 0.467 e. The van der Waals surface area contributed by atoms with Crippen LogP contribution in [0.3, 0.4) is 0 Å². The van der Waals surface area contributed by atoms with Crippen LogP contribution in [0.25, 0.3) is 0 Å². The average molecular weight is 350 g/mol. The van der Waals surface area contributed by atoms with Crippen molar-refractivity contribution in [2.45, 2.75) is 0 Å². The van der Waals surface area contributed by atoms with Crippen molar-refractivity contribution >= 4 is 50.8 Å². The van der Waals surface area contributed by atoms with E-state index < -0.39 is 0 Å². The Hall–Kier alpha value is -1.11. The highest BCUT2D eigenvalue weighted by Crippen LogP contribution is 2.28. The summed E-state index contributed by atoms with van der Waals surface area (Å²) >= 11 is 15.0. The van der Waals surface area contributed by atoms with E-state index in [-0.39, 0.29) is 17.2 Å². The molecular weight excluding hydrogens is 343 g/mol. The van der Waals surface area contributed by atoms with Gasteiger partial charge in [-0.2, -0.15) is 15.0 Å². The maximum absolute atomic E-state index is 5.91. The first kappa shape index (κ1) is 13.3. The van der Waals surface area contributed by atoms with Crippen molar-refractivity contribution in [1.82, 2.24) is 15.0 Å². The van der Waals surface area contributed by atoms with Crippen molar-refractivity contribution < 1.29 is 4.74 Å². The molecule has 2 rings (SSSR count). The molecule has 0 aliphatic carbocycles. The van der Waals surface area contributed by atoms with Crippen molar-refractivity contribution in [3.63, 3.8) is 0 Å². The van der Waals surface area contributed by atoms with Crippen LogP contribution < -0.4 is 10.1 Å². The summed E-state index contributed by atoms with van der Waals surface area (Å²) in [6.45, 7) is 0. The molecule has 0 amide bonds. The zero-order valence-corrected chi connectivity index (χ0v) is 12.2. The number of ether oxygens (including phenoxy) is 1. The van der Waals surface area contributed by atoms with Gasteiger partial charge in [0.05, 0.1) is 12.8 Å². The van der Waals surface area contributed by atoms with Gasteiger partial charge in [-0.3, -0.25) is 0 Å². The quantitative estimate of drug-likeness (QED) is 0.915. The minimum atomic E-state index is 0.0440. The standard InChI is InChI=1S/C10H7BrCl2N4O/c1-18-10-16-8(13)15-9(17-10)14-7-4-5(12)2-3-6(7)11/h2-4H,1H3,(H,14,15,16,17). The summed E-state index contributed by atoms with van der Waals surface area (Å²) in [6.07, 6.45) is 0. The first-order valence-corrected chi connectivity index (χ1v) is 6.31. The normalized spacial score (nSPS) is 10.2. The van der Waals surface area contributed by atoms with E-state index in [0.29, 0.717) is 10.7 Å². The number of anilines is 2. The molecule has 1 aromatic carbocycles. The van der Waals surface area contributed by atoms with Gasteiger partial charge in [-0.25, -0.2) is 0 Å².